The molecule has 4 aromatic rings. The maximum Gasteiger partial charge on any atom is 0.253 e. The van der Waals surface area contributed by atoms with E-state index in [1.807, 2.05) is 42.0 Å². The number of aromatic nitrogens is 2. The highest BCUT2D eigenvalue weighted by Gasteiger charge is 2.48. The van der Waals surface area contributed by atoms with Crippen molar-refractivity contribution in [3.05, 3.63) is 83.9 Å². The lowest BCUT2D eigenvalue weighted by molar-refractivity contribution is -0.000603. The number of nitrogens with zero attached hydrogens (tertiary/aromatic N) is 3. The summed E-state index contributed by atoms with van der Waals surface area (Å²) in [5, 5.41) is 3.69. The van der Waals surface area contributed by atoms with Gasteiger partial charge in [0.05, 0.1) is 11.1 Å². The molecule has 0 bridgehead atoms. The molecule has 0 atom stereocenters. The van der Waals surface area contributed by atoms with Crippen LogP contribution < -0.4 is 10.2 Å². The summed E-state index contributed by atoms with van der Waals surface area (Å²) in [5.74, 6) is 0.499. The summed E-state index contributed by atoms with van der Waals surface area (Å²) in [5.41, 5.74) is 4.98. The monoisotopic (exact) mass is 482 g/mol. The van der Waals surface area contributed by atoms with Gasteiger partial charge in [0.2, 0.25) is 0 Å². The Kier molecular flexibility index (Phi) is 5.55. The van der Waals surface area contributed by atoms with Crippen molar-refractivity contribution in [2.24, 2.45) is 5.41 Å². The molecule has 2 saturated carbocycles. The van der Waals surface area contributed by atoms with E-state index in [0.717, 1.165) is 35.3 Å². The number of fused-ring (bicyclic) bond motifs is 1. The molecule has 6 heteroatoms. The van der Waals surface area contributed by atoms with E-state index in [2.05, 4.69) is 40.6 Å². The Morgan fingerprint density at radius 1 is 1.08 bits per heavy atom. The quantitative estimate of drug-likeness (QED) is 0.366. The molecule has 2 fully saturated rings. The molecular weight excluding hydrogens is 451 g/mol. The lowest BCUT2D eigenvalue weighted by atomic mass is 9.54. The molecule has 0 saturated heterocycles. The van der Waals surface area contributed by atoms with Crippen LogP contribution in [0.4, 0.5) is 10.2 Å². The van der Waals surface area contributed by atoms with Gasteiger partial charge in [-0.05, 0) is 78.1 Å². The normalized spacial score (nSPS) is 16.5. The Morgan fingerprint density at radius 3 is 2.56 bits per heavy atom. The summed E-state index contributed by atoms with van der Waals surface area (Å²) < 4.78 is 16.6. The maximum absolute atomic E-state index is 14.7. The first kappa shape index (κ1) is 22.8. The average Bonchev–Trinajstić information content (AvgIpc) is 3.25. The Hall–Kier alpha value is -3.67. The molecule has 36 heavy (non-hydrogen) atoms. The van der Waals surface area contributed by atoms with Gasteiger partial charge in [-0.3, -0.25) is 4.79 Å². The second-order valence-corrected chi connectivity index (χ2v) is 10.7. The first-order valence-electron chi connectivity index (χ1n) is 12.7. The predicted octanol–water partition coefficient (Wildman–Crippen LogP) is 6.02. The summed E-state index contributed by atoms with van der Waals surface area (Å²) in [7, 11) is 3.95. The number of pyridine rings is 1. The fraction of sp³-hybridized carbons (Fsp3) is 0.333. The third-order valence-electron chi connectivity index (χ3n) is 8.07. The zero-order chi connectivity index (χ0) is 24.9. The van der Waals surface area contributed by atoms with Crippen LogP contribution in [0.3, 0.4) is 0 Å². The Bertz CT molecular complexity index is 1430. The topological polar surface area (TPSA) is 50.2 Å². The lowest BCUT2D eigenvalue weighted by Gasteiger charge is -2.54. The number of carbonyl (C=O) groups excluding carboxylic acids is 1. The second kappa shape index (κ2) is 8.77. The van der Waals surface area contributed by atoms with Crippen molar-refractivity contribution >= 4 is 22.6 Å². The molecular formula is C30H31FN4O. The van der Waals surface area contributed by atoms with E-state index in [1.54, 1.807) is 12.1 Å². The number of rotatable bonds is 6. The number of amides is 1. The van der Waals surface area contributed by atoms with Gasteiger partial charge in [0.25, 0.3) is 5.91 Å². The predicted molar refractivity (Wildman–Crippen MR) is 142 cm³/mol. The SMILES string of the molecule is CN(C)c1cc(-c2ccc(Cn3ccc4c(F)ccc(C(=O)NC5CC6(CCC6)C5)c43)cc2)ccn1. The van der Waals surface area contributed by atoms with Crippen molar-refractivity contribution in [2.75, 3.05) is 19.0 Å². The summed E-state index contributed by atoms with van der Waals surface area (Å²) in [6.07, 6.45) is 9.74. The molecule has 0 radical (unpaired) electrons. The standard InChI is InChI=1S/C30H31FN4O/c1-34(2)27-16-22(10-14-32-27)21-6-4-20(5-7-21)19-35-15-11-24-26(31)9-8-25(28(24)35)29(36)33-23-17-30(18-23)12-3-13-30/h4-11,14-16,23H,3,12-13,17-19H2,1-2H3,(H,33,36). The number of halogens is 1. The first-order valence-corrected chi connectivity index (χ1v) is 12.7. The van der Waals surface area contributed by atoms with Crippen LogP contribution in [-0.4, -0.2) is 35.6 Å². The van der Waals surface area contributed by atoms with E-state index in [9.17, 15) is 9.18 Å². The number of carbonyl (C=O) groups is 1. The van der Waals surface area contributed by atoms with E-state index in [1.165, 1.54) is 25.3 Å². The zero-order valence-electron chi connectivity index (χ0n) is 20.8. The molecule has 1 amide bonds. The zero-order valence-corrected chi connectivity index (χ0v) is 20.8. The van der Waals surface area contributed by atoms with Gasteiger partial charge in [0.15, 0.2) is 0 Å². The van der Waals surface area contributed by atoms with Crippen LogP contribution >= 0.6 is 0 Å². The molecule has 1 spiro atoms. The highest BCUT2D eigenvalue weighted by Crippen LogP contribution is 2.55. The van der Waals surface area contributed by atoms with Gasteiger partial charge in [-0.15, -0.1) is 0 Å². The Morgan fingerprint density at radius 2 is 1.86 bits per heavy atom. The smallest absolute Gasteiger partial charge is 0.253 e. The summed E-state index contributed by atoms with van der Waals surface area (Å²) >= 11 is 0. The molecule has 5 nitrogen and oxygen atoms in total. The summed E-state index contributed by atoms with van der Waals surface area (Å²) in [6, 6.07) is 17.5. The van der Waals surface area contributed by atoms with Gasteiger partial charge >= 0.3 is 0 Å². The van der Waals surface area contributed by atoms with Crippen LogP contribution in [0, 0.1) is 11.2 Å². The van der Waals surface area contributed by atoms with Crippen molar-refractivity contribution in [2.45, 2.75) is 44.7 Å². The van der Waals surface area contributed by atoms with Crippen molar-refractivity contribution < 1.29 is 9.18 Å². The first-order chi connectivity index (χ1) is 17.4. The number of benzene rings is 2. The van der Waals surface area contributed by atoms with Gasteiger partial charge < -0.3 is 14.8 Å². The van der Waals surface area contributed by atoms with Crippen LogP contribution in [-0.2, 0) is 6.54 Å². The second-order valence-electron chi connectivity index (χ2n) is 10.7. The minimum atomic E-state index is -0.304. The molecule has 0 unspecified atom stereocenters. The number of nitrogens with one attached hydrogen (secondary N) is 1. The lowest BCUT2D eigenvalue weighted by Crippen LogP contribution is -2.53. The van der Waals surface area contributed by atoms with Crippen LogP contribution in [0.5, 0.6) is 0 Å². The van der Waals surface area contributed by atoms with Gasteiger partial charge in [0.1, 0.15) is 11.6 Å². The van der Waals surface area contributed by atoms with Crippen molar-refractivity contribution in [3.63, 3.8) is 0 Å². The van der Waals surface area contributed by atoms with Crippen molar-refractivity contribution in [1.29, 1.82) is 0 Å². The van der Waals surface area contributed by atoms with Gasteiger partial charge in [-0.25, -0.2) is 9.37 Å². The van der Waals surface area contributed by atoms with Gasteiger partial charge in [-0.2, -0.15) is 0 Å². The molecule has 2 aliphatic rings. The minimum Gasteiger partial charge on any atom is -0.363 e. The van der Waals surface area contributed by atoms with Gasteiger partial charge in [0, 0.05) is 44.5 Å². The molecule has 2 aromatic carbocycles. The third kappa shape index (κ3) is 4.04. The van der Waals surface area contributed by atoms with E-state index < -0.39 is 0 Å². The van der Waals surface area contributed by atoms with Gasteiger partial charge in [-0.1, -0.05) is 30.7 Å². The molecule has 1 N–H and O–H groups in total. The fourth-order valence-electron chi connectivity index (χ4n) is 5.88. The minimum absolute atomic E-state index is 0.108. The van der Waals surface area contributed by atoms with Crippen LogP contribution in [0.15, 0.2) is 67.0 Å². The fourth-order valence-corrected chi connectivity index (χ4v) is 5.88. The van der Waals surface area contributed by atoms with Crippen molar-refractivity contribution in [1.82, 2.24) is 14.9 Å². The molecule has 2 aromatic heterocycles. The van der Waals surface area contributed by atoms with Crippen LogP contribution in [0.25, 0.3) is 22.0 Å². The molecule has 2 aliphatic carbocycles. The van der Waals surface area contributed by atoms with Crippen LogP contribution in [0.1, 0.15) is 48.0 Å². The number of anilines is 1. The number of hydrogen-bond donors (Lipinski definition) is 1. The molecule has 6 rings (SSSR count). The third-order valence-corrected chi connectivity index (χ3v) is 8.07. The number of hydrogen-bond acceptors (Lipinski definition) is 3. The Balaban J connectivity index is 1.23. The largest absolute Gasteiger partial charge is 0.363 e. The van der Waals surface area contributed by atoms with Crippen LogP contribution in [0.2, 0.25) is 0 Å². The highest BCUT2D eigenvalue weighted by molar-refractivity contribution is 6.06. The van der Waals surface area contributed by atoms with Crippen molar-refractivity contribution in [3.8, 4) is 11.1 Å². The maximum atomic E-state index is 14.7. The highest BCUT2D eigenvalue weighted by atomic mass is 19.1. The summed E-state index contributed by atoms with van der Waals surface area (Å²) in [4.78, 5) is 19.6. The Labute approximate surface area is 211 Å². The van der Waals surface area contributed by atoms with E-state index in [0.29, 0.717) is 28.4 Å². The molecule has 2 heterocycles. The van der Waals surface area contributed by atoms with E-state index in [4.69, 9.17) is 0 Å². The molecule has 0 aliphatic heterocycles. The average molecular weight is 483 g/mol. The summed E-state index contributed by atoms with van der Waals surface area (Å²) in [6.45, 7) is 0.555. The van der Waals surface area contributed by atoms with E-state index in [-0.39, 0.29) is 17.8 Å². The van der Waals surface area contributed by atoms with E-state index >= 15 is 0 Å². The molecule has 184 valence electrons.